The standard InChI is InChI=1S/C24H20ClFN4O2/c1-14(31)28-21-11-18(15-5-4-6-17(9-15)24(32)29(2)3)13-30-22(12-27-23(21)30)16-7-8-20(26)19(25)10-16/h4-13H,1-3H3,(H,28,31). The number of carbonyl (C=O) groups is 2. The van der Waals surface area contributed by atoms with Gasteiger partial charge in [0.05, 0.1) is 22.6 Å². The molecule has 0 unspecified atom stereocenters. The maximum atomic E-state index is 13.7. The molecule has 0 radical (unpaired) electrons. The number of hydrogen-bond donors (Lipinski definition) is 1. The van der Waals surface area contributed by atoms with Crippen molar-refractivity contribution in [1.29, 1.82) is 0 Å². The number of halogens is 2. The van der Waals surface area contributed by atoms with E-state index in [4.69, 9.17) is 11.6 Å². The number of nitrogens with one attached hydrogen (secondary N) is 1. The maximum absolute atomic E-state index is 13.7. The Balaban J connectivity index is 1.92. The molecule has 4 aromatic rings. The Labute approximate surface area is 189 Å². The van der Waals surface area contributed by atoms with Crippen molar-refractivity contribution in [3.63, 3.8) is 0 Å². The molecular formula is C24H20ClFN4O2. The Morgan fingerprint density at radius 1 is 1.06 bits per heavy atom. The van der Waals surface area contributed by atoms with Crippen molar-refractivity contribution in [3.05, 3.63) is 77.3 Å². The monoisotopic (exact) mass is 450 g/mol. The number of imidazole rings is 1. The van der Waals surface area contributed by atoms with Gasteiger partial charge in [0.25, 0.3) is 5.91 Å². The Morgan fingerprint density at radius 3 is 2.53 bits per heavy atom. The van der Waals surface area contributed by atoms with E-state index in [1.807, 2.05) is 28.8 Å². The van der Waals surface area contributed by atoms with Crippen molar-refractivity contribution >= 4 is 34.7 Å². The van der Waals surface area contributed by atoms with Gasteiger partial charge in [-0.2, -0.15) is 0 Å². The molecule has 2 heterocycles. The number of anilines is 1. The van der Waals surface area contributed by atoms with Crippen molar-refractivity contribution < 1.29 is 14.0 Å². The normalized spacial score (nSPS) is 10.9. The highest BCUT2D eigenvalue weighted by atomic mass is 35.5. The van der Waals surface area contributed by atoms with Crippen LogP contribution in [0, 0.1) is 5.82 Å². The molecule has 0 fully saturated rings. The average Bonchev–Trinajstić information content (AvgIpc) is 3.19. The minimum Gasteiger partial charge on any atom is -0.345 e. The van der Waals surface area contributed by atoms with E-state index < -0.39 is 5.82 Å². The highest BCUT2D eigenvalue weighted by Gasteiger charge is 2.15. The van der Waals surface area contributed by atoms with Crippen LogP contribution in [0.25, 0.3) is 28.0 Å². The Hall–Kier alpha value is -3.71. The quantitative estimate of drug-likeness (QED) is 0.469. The predicted octanol–water partition coefficient (Wildman–Crippen LogP) is 5.12. The van der Waals surface area contributed by atoms with E-state index in [0.29, 0.717) is 28.2 Å². The van der Waals surface area contributed by atoms with Gasteiger partial charge in [-0.05, 0) is 42.0 Å². The average molecular weight is 451 g/mol. The lowest BCUT2D eigenvalue weighted by molar-refractivity contribution is -0.114. The molecule has 0 atom stereocenters. The third kappa shape index (κ3) is 4.07. The van der Waals surface area contributed by atoms with Crippen molar-refractivity contribution in [2.75, 3.05) is 19.4 Å². The van der Waals surface area contributed by atoms with Gasteiger partial charge in [-0.1, -0.05) is 23.7 Å². The van der Waals surface area contributed by atoms with Gasteiger partial charge in [0.1, 0.15) is 5.82 Å². The lowest BCUT2D eigenvalue weighted by atomic mass is 10.0. The van der Waals surface area contributed by atoms with Crippen LogP contribution in [0.5, 0.6) is 0 Å². The van der Waals surface area contributed by atoms with Gasteiger partial charge in [0.2, 0.25) is 5.91 Å². The maximum Gasteiger partial charge on any atom is 0.253 e. The number of benzene rings is 2. The van der Waals surface area contributed by atoms with Gasteiger partial charge in [0.15, 0.2) is 5.65 Å². The zero-order valence-corrected chi connectivity index (χ0v) is 18.4. The molecule has 1 N–H and O–H groups in total. The van der Waals surface area contributed by atoms with E-state index in [-0.39, 0.29) is 16.8 Å². The smallest absolute Gasteiger partial charge is 0.253 e. The summed E-state index contributed by atoms with van der Waals surface area (Å²) in [5.41, 5.74) is 4.50. The van der Waals surface area contributed by atoms with Crippen LogP contribution < -0.4 is 5.32 Å². The number of fused-ring (bicyclic) bond motifs is 1. The molecule has 4 rings (SSSR count). The Bertz CT molecular complexity index is 1360. The largest absolute Gasteiger partial charge is 0.345 e. The van der Waals surface area contributed by atoms with E-state index in [1.165, 1.54) is 24.0 Å². The lowest BCUT2D eigenvalue weighted by Crippen LogP contribution is -2.21. The van der Waals surface area contributed by atoms with E-state index in [9.17, 15) is 14.0 Å². The van der Waals surface area contributed by atoms with Crippen LogP contribution in [0.15, 0.2) is 60.9 Å². The topological polar surface area (TPSA) is 66.7 Å². The molecule has 0 saturated heterocycles. The summed E-state index contributed by atoms with van der Waals surface area (Å²) in [5, 5.41) is 2.82. The fourth-order valence-corrected chi connectivity index (χ4v) is 3.67. The zero-order chi connectivity index (χ0) is 23.0. The van der Waals surface area contributed by atoms with E-state index in [0.717, 1.165) is 11.1 Å². The first kappa shape index (κ1) is 21.5. The summed E-state index contributed by atoms with van der Waals surface area (Å²) in [5.74, 6) is -0.861. The van der Waals surface area contributed by atoms with Gasteiger partial charge in [-0.15, -0.1) is 0 Å². The first-order valence-electron chi connectivity index (χ1n) is 9.81. The third-order valence-electron chi connectivity index (χ3n) is 4.98. The SMILES string of the molecule is CC(=O)Nc1cc(-c2cccc(C(=O)N(C)C)c2)cn2c(-c3ccc(F)c(Cl)c3)cnc12. The summed E-state index contributed by atoms with van der Waals surface area (Å²) in [6.07, 6.45) is 3.50. The highest BCUT2D eigenvalue weighted by molar-refractivity contribution is 6.31. The first-order valence-corrected chi connectivity index (χ1v) is 10.2. The van der Waals surface area contributed by atoms with Gasteiger partial charge < -0.3 is 10.2 Å². The third-order valence-corrected chi connectivity index (χ3v) is 5.27. The Morgan fingerprint density at radius 2 is 1.84 bits per heavy atom. The van der Waals surface area contributed by atoms with Crippen LogP contribution in [0.3, 0.4) is 0 Å². The number of nitrogens with zero attached hydrogens (tertiary/aromatic N) is 3. The molecule has 0 aliphatic heterocycles. The minimum absolute atomic E-state index is 0.00517. The fraction of sp³-hybridized carbons (Fsp3) is 0.125. The summed E-state index contributed by atoms with van der Waals surface area (Å²) in [7, 11) is 3.39. The second kappa shape index (κ2) is 8.43. The molecule has 0 bridgehead atoms. The molecule has 0 aliphatic rings. The molecular weight excluding hydrogens is 431 g/mol. The fourth-order valence-electron chi connectivity index (χ4n) is 3.49. The van der Waals surface area contributed by atoms with Crippen molar-refractivity contribution in [2.45, 2.75) is 6.92 Å². The molecule has 162 valence electrons. The van der Waals surface area contributed by atoms with Gasteiger partial charge in [0, 0.05) is 43.9 Å². The zero-order valence-electron chi connectivity index (χ0n) is 17.7. The van der Waals surface area contributed by atoms with Crippen LogP contribution in [0.1, 0.15) is 17.3 Å². The second-order valence-electron chi connectivity index (χ2n) is 7.57. The van der Waals surface area contributed by atoms with Gasteiger partial charge in [-0.3, -0.25) is 14.0 Å². The molecule has 0 aliphatic carbocycles. The number of carbonyl (C=O) groups excluding carboxylic acids is 2. The van der Waals surface area contributed by atoms with Gasteiger partial charge >= 0.3 is 0 Å². The first-order chi connectivity index (χ1) is 15.2. The van der Waals surface area contributed by atoms with Crippen LogP contribution in [-0.2, 0) is 4.79 Å². The lowest BCUT2D eigenvalue weighted by Gasteiger charge is -2.13. The Kier molecular flexibility index (Phi) is 5.67. The van der Waals surface area contributed by atoms with Crippen molar-refractivity contribution in [1.82, 2.24) is 14.3 Å². The summed E-state index contributed by atoms with van der Waals surface area (Å²) < 4.78 is 15.5. The highest BCUT2D eigenvalue weighted by Crippen LogP contribution is 2.32. The van der Waals surface area contributed by atoms with Gasteiger partial charge in [-0.25, -0.2) is 9.37 Å². The minimum atomic E-state index is -0.508. The molecule has 8 heteroatoms. The summed E-state index contributed by atoms with van der Waals surface area (Å²) in [6, 6.07) is 13.5. The summed E-state index contributed by atoms with van der Waals surface area (Å²) in [4.78, 5) is 30.2. The van der Waals surface area contributed by atoms with E-state index >= 15 is 0 Å². The number of aromatic nitrogens is 2. The summed E-state index contributed by atoms with van der Waals surface area (Å²) in [6.45, 7) is 1.42. The molecule has 6 nitrogen and oxygen atoms in total. The number of hydrogen-bond acceptors (Lipinski definition) is 3. The van der Waals surface area contributed by atoms with Crippen molar-refractivity contribution in [3.8, 4) is 22.4 Å². The van der Waals surface area contributed by atoms with E-state index in [2.05, 4.69) is 10.3 Å². The van der Waals surface area contributed by atoms with Crippen LogP contribution >= 0.6 is 11.6 Å². The molecule has 0 saturated carbocycles. The molecule has 2 aromatic carbocycles. The van der Waals surface area contributed by atoms with Crippen molar-refractivity contribution in [2.24, 2.45) is 0 Å². The summed E-state index contributed by atoms with van der Waals surface area (Å²) >= 11 is 5.98. The predicted molar refractivity (Wildman–Crippen MR) is 123 cm³/mol. The number of amides is 2. The second-order valence-corrected chi connectivity index (χ2v) is 7.98. The molecule has 32 heavy (non-hydrogen) atoms. The number of rotatable bonds is 4. The molecule has 2 aromatic heterocycles. The molecule has 2 amide bonds. The van der Waals surface area contributed by atoms with Crippen LogP contribution in [0.2, 0.25) is 5.02 Å². The van der Waals surface area contributed by atoms with E-state index in [1.54, 1.807) is 38.5 Å². The van der Waals surface area contributed by atoms with Crippen LogP contribution in [0.4, 0.5) is 10.1 Å². The number of pyridine rings is 1. The van der Waals surface area contributed by atoms with Crippen LogP contribution in [-0.4, -0.2) is 40.2 Å². The molecule has 0 spiro atoms.